The summed E-state index contributed by atoms with van der Waals surface area (Å²) in [6, 6.07) is 15.7. The second-order valence-corrected chi connectivity index (χ2v) is 6.94. The maximum atomic E-state index is 6.10. The minimum absolute atomic E-state index is 0.475. The summed E-state index contributed by atoms with van der Waals surface area (Å²) in [6.45, 7) is 3.01. The minimum atomic E-state index is 0.475. The number of thiocarbonyl (C=S) groups is 1. The summed E-state index contributed by atoms with van der Waals surface area (Å²) in [5.74, 6) is 0.475. The fraction of sp³-hybridized carbons (Fsp3) is 0.222. The third kappa shape index (κ3) is 3.74. The van der Waals surface area contributed by atoms with Crippen LogP contribution in [0.3, 0.4) is 0 Å². The third-order valence-corrected chi connectivity index (χ3v) is 4.96. The molecule has 0 N–H and O–H groups in total. The molecule has 1 aliphatic heterocycles. The first kappa shape index (κ1) is 16.4. The van der Waals surface area contributed by atoms with Crippen molar-refractivity contribution >= 4 is 46.1 Å². The van der Waals surface area contributed by atoms with Crippen molar-refractivity contribution in [1.29, 1.82) is 0 Å². The minimum Gasteiger partial charge on any atom is -0.253 e. The highest BCUT2D eigenvalue weighted by Crippen LogP contribution is 2.25. The van der Waals surface area contributed by atoms with Gasteiger partial charge in [0.05, 0.1) is 15.8 Å². The zero-order valence-electron chi connectivity index (χ0n) is 12.7. The molecule has 0 aromatic heterocycles. The van der Waals surface area contributed by atoms with Crippen molar-refractivity contribution in [3.63, 3.8) is 0 Å². The van der Waals surface area contributed by atoms with Gasteiger partial charge >= 0.3 is 0 Å². The first-order valence-electron chi connectivity index (χ1n) is 7.44. The van der Waals surface area contributed by atoms with Crippen LogP contribution in [0.1, 0.15) is 24.5 Å². The molecule has 1 heterocycles. The van der Waals surface area contributed by atoms with Crippen LogP contribution in [0.5, 0.6) is 0 Å². The lowest BCUT2D eigenvalue weighted by atomic mass is 9.97. The Hall–Kier alpha value is -1.42. The van der Waals surface area contributed by atoms with E-state index in [-0.39, 0.29) is 0 Å². The van der Waals surface area contributed by atoms with Crippen LogP contribution in [0.2, 0.25) is 10.0 Å². The molecule has 118 valence electrons. The predicted octanol–water partition coefficient (Wildman–Crippen LogP) is 5.42. The summed E-state index contributed by atoms with van der Waals surface area (Å²) in [4.78, 5) is 0.670. The van der Waals surface area contributed by atoms with Gasteiger partial charge in [0.2, 0.25) is 0 Å². The Kier molecular flexibility index (Phi) is 5.00. The van der Waals surface area contributed by atoms with Crippen molar-refractivity contribution in [3.05, 3.63) is 69.7 Å². The van der Waals surface area contributed by atoms with Gasteiger partial charge in [-0.3, -0.25) is 5.01 Å². The second-order valence-electron chi connectivity index (χ2n) is 5.74. The fourth-order valence-corrected chi connectivity index (χ4v) is 3.17. The molecule has 2 aromatic carbocycles. The fourth-order valence-electron chi connectivity index (χ4n) is 2.63. The van der Waals surface area contributed by atoms with Gasteiger partial charge in [0, 0.05) is 12.1 Å². The molecule has 1 atom stereocenters. The molecule has 0 radical (unpaired) electrons. The number of nitrogens with zero attached hydrogens (tertiary/aromatic N) is 2. The lowest BCUT2D eigenvalue weighted by Crippen LogP contribution is -2.35. The van der Waals surface area contributed by atoms with Crippen LogP contribution in [0.15, 0.2) is 53.6 Å². The zero-order valence-corrected chi connectivity index (χ0v) is 15.0. The molecular weight excluding hydrogens is 347 g/mol. The molecule has 5 heteroatoms. The van der Waals surface area contributed by atoms with Crippen LogP contribution in [0.25, 0.3) is 0 Å². The average Bonchev–Trinajstić information content (AvgIpc) is 2.57. The van der Waals surface area contributed by atoms with Crippen molar-refractivity contribution < 1.29 is 0 Å². The van der Waals surface area contributed by atoms with Gasteiger partial charge in [-0.15, -0.1) is 0 Å². The largest absolute Gasteiger partial charge is 0.253 e. The van der Waals surface area contributed by atoms with Gasteiger partial charge in [0.1, 0.15) is 4.99 Å². The van der Waals surface area contributed by atoms with E-state index in [4.69, 9.17) is 40.5 Å². The molecule has 0 saturated carbocycles. The number of hydrogen-bond donors (Lipinski definition) is 0. The quantitative estimate of drug-likeness (QED) is 0.663. The number of hydrazone groups is 1. The highest BCUT2D eigenvalue weighted by molar-refractivity contribution is 7.80. The lowest BCUT2D eigenvalue weighted by Gasteiger charge is -2.30. The Morgan fingerprint density at radius 1 is 1.13 bits per heavy atom. The van der Waals surface area contributed by atoms with Crippen molar-refractivity contribution in [2.24, 2.45) is 11.0 Å². The smallest absolute Gasteiger partial charge is 0.129 e. The van der Waals surface area contributed by atoms with E-state index in [1.54, 1.807) is 12.1 Å². The van der Waals surface area contributed by atoms with E-state index in [2.05, 4.69) is 19.1 Å². The van der Waals surface area contributed by atoms with Gasteiger partial charge in [-0.1, -0.05) is 78.7 Å². The van der Waals surface area contributed by atoms with Crippen LogP contribution in [-0.4, -0.2) is 22.3 Å². The summed E-state index contributed by atoms with van der Waals surface area (Å²) in [5, 5.41) is 7.69. The molecule has 0 spiro atoms. The predicted molar refractivity (Wildman–Crippen MR) is 102 cm³/mol. The molecule has 23 heavy (non-hydrogen) atoms. The highest BCUT2D eigenvalue weighted by atomic mass is 35.5. The monoisotopic (exact) mass is 362 g/mol. The standard InChI is InChI=1S/C18H16Cl2N2S/c1-12-9-17(13-5-3-2-4-6-13)21-22(11-12)18(23)14-7-8-15(19)16(20)10-14/h2-8,10,12H,9,11H2,1H3/t12-/m0/s1. The molecule has 2 aromatic rings. The van der Waals surface area contributed by atoms with Gasteiger partial charge in [0.25, 0.3) is 0 Å². The normalized spacial score (nSPS) is 17.8. The average molecular weight is 363 g/mol. The summed E-state index contributed by atoms with van der Waals surface area (Å²) >= 11 is 17.7. The lowest BCUT2D eigenvalue weighted by molar-refractivity contribution is 0.355. The van der Waals surface area contributed by atoms with E-state index in [0.717, 1.165) is 29.8 Å². The number of benzene rings is 2. The van der Waals surface area contributed by atoms with Gasteiger partial charge < -0.3 is 0 Å². The Morgan fingerprint density at radius 2 is 1.87 bits per heavy atom. The zero-order chi connectivity index (χ0) is 16.4. The van der Waals surface area contributed by atoms with Crippen LogP contribution < -0.4 is 0 Å². The summed E-state index contributed by atoms with van der Waals surface area (Å²) in [6.07, 6.45) is 0.949. The topological polar surface area (TPSA) is 15.6 Å². The number of rotatable bonds is 2. The van der Waals surface area contributed by atoms with Crippen LogP contribution in [0, 0.1) is 5.92 Å². The first-order valence-corrected chi connectivity index (χ1v) is 8.61. The Bertz CT molecular complexity index is 759. The van der Waals surface area contributed by atoms with Crippen molar-refractivity contribution in [3.8, 4) is 0 Å². The molecule has 3 rings (SSSR count). The van der Waals surface area contributed by atoms with E-state index >= 15 is 0 Å². The van der Waals surface area contributed by atoms with Crippen LogP contribution >= 0.6 is 35.4 Å². The maximum absolute atomic E-state index is 6.10. The first-order chi connectivity index (χ1) is 11.0. The van der Waals surface area contributed by atoms with Crippen molar-refractivity contribution in [1.82, 2.24) is 5.01 Å². The maximum Gasteiger partial charge on any atom is 0.129 e. The Morgan fingerprint density at radius 3 is 2.57 bits per heavy atom. The van der Waals surface area contributed by atoms with E-state index in [9.17, 15) is 0 Å². The molecule has 0 saturated heterocycles. The van der Waals surface area contributed by atoms with Gasteiger partial charge in [-0.05, 0) is 30.0 Å². The molecule has 0 fully saturated rings. The molecule has 1 aliphatic rings. The van der Waals surface area contributed by atoms with Crippen molar-refractivity contribution in [2.75, 3.05) is 6.54 Å². The molecule has 0 unspecified atom stereocenters. The molecule has 0 aliphatic carbocycles. The summed E-state index contributed by atoms with van der Waals surface area (Å²) < 4.78 is 0. The molecule has 0 bridgehead atoms. The summed E-state index contributed by atoms with van der Waals surface area (Å²) in [5.41, 5.74) is 3.06. The van der Waals surface area contributed by atoms with Crippen molar-refractivity contribution in [2.45, 2.75) is 13.3 Å². The van der Waals surface area contributed by atoms with Gasteiger partial charge in [-0.25, -0.2) is 0 Å². The SMILES string of the molecule is C[C@H]1CC(c2ccccc2)=NN(C(=S)c2ccc(Cl)c(Cl)c2)C1. The Balaban J connectivity index is 1.91. The second kappa shape index (κ2) is 7.00. The van der Waals surface area contributed by atoms with E-state index in [0.29, 0.717) is 21.0 Å². The van der Waals surface area contributed by atoms with Crippen LogP contribution in [0.4, 0.5) is 0 Å². The number of halogens is 2. The molecule has 0 amide bonds. The molecule has 2 nitrogen and oxygen atoms in total. The Labute approximate surface area is 151 Å². The van der Waals surface area contributed by atoms with E-state index in [1.165, 1.54) is 0 Å². The summed E-state index contributed by atoms with van der Waals surface area (Å²) in [7, 11) is 0. The highest BCUT2D eigenvalue weighted by Gasteiger charge is 2.23. The van der Waals surface area contributed by atoms with Gasteiger partial charge in [0.15, 0.2) is 0 Å². The van der Waals surface area contributed by atoms with E-state index in [1.807, 2.05) is 29.3 Å². The molecular formula is C18H16Cl2N2S. The number of hydrogen-bond acceptors (Lipinski definition) is 2. The van der Waals surface area contributed by atoms with Crippen LogP contribution in [-0.2, 0) is 0 Å². The van der Waals surface area contributed by atoms with Gasteiger partial charge in [-0.2, -0.15) is 5.10 Å². The van der Waals surface area contributed by atoms with E-state index < -0.39 is 0 Å². The third-order valence-electron chi connectivity index (χ3n) is 3.78.